The second-order valence-corrected chi connectivity index (χ2v) is 14.6. The van der Waals surface area contributed by atoms with Gasteiger partial charge in [-0.05, 0) is 38.5 Å². The molecule has 0 fully saturated rings. The zero-order chi connectivity index (χ0) is 37.3. The van der Waals surface area contributed by atoms with Crippen molar-refractivity contribution in [3.8, 4) is 0 Å². The average molecular weight is 719 g/mol. The van der Waals surface area contributed by atoms with Crippen LogP contribution in [-0.4, -0.2) is 37.2 Å². The number of allylic oxidation sites excluding steroid dienone is 4. The molecular formula is C45H82O6. The summed E-state index contributed by atoms with van der Waals surface area (Å²) in [5.41, 5.74) is 0. The first-order chi connectivity index (χ1) is 25.0. The number of carbonyl (C=O) groups is 3. The number of esters is 3. The molecule has 0 aromatic heterocycles. The highest BCUT2D eigenvalue weighted by molar-refractivity contribution is 5.71. The maximum absolute atomic E-state index is 12.6. The molecule has 0 saturated carbocycles. The summed E-state index contributed by atoms with van der Waals surface area (Å²) in [6.45, 7) is 6.54. The van der Waals surface area contributed by atoms with Crippen LogP contribution in [0.5, 0.6) is 0 Å². The van der Waals surface area contributed by atoms with Crippen LogP contribution >= 0.6 is 0 Å². The third-order valence-electron chi connectivity index (χ3n) is 9.47. The monoisotopic (exact) mass is 719 g/mol. The second-order valence-electron chi connectivity index (χ2n) is 14.6. The minimum absolute atomic E-state index is 0.0847. The molecule has 51 heavy (non-hydrogen) atoms. The van der Waals surface area contributed by atoms with Gasteiger partial charge in [0.05, 0.1) is 0 Å². The van der Waals surface area contributed by atoms with Gasteiger partial charge in [0.2, 0.25) is 0 Å². The van der Waals surface area contributed by atoms with Gasteiger partial charge in [0.1, 0.15) is 13.2 Å². The zero-order valence-electron chi connectivity index (χ0n) is 33.9. The van der Waals surface area contributed by atoms with Crippen molar-refractivity contribution in [2.24, 2.45) is 0 Å². The first kappa shape index (κ1) is 48.9. The lowest BCUT2D eigenvalue weighted by Crippen LogP contribution is -2.30. The predicted molar refractivity (Wildman–Crippen MR) is 215 cm³/mol. The van der Waals surface area contributed by atoms with Crippen molar-refractivity contribution < 1.29 is 28.6 Å². The molecule has 1 unspecified atom stereocenters. The van der Waals surface area contributed by atoms with Crippen LogP contribution < -0.4 is 0 Å². The van der Waals surface area contributed by atoms with Crippen molar-refractivity contribution in [2.45, 2.75) is 232 Å². The summed E-state index contributed by atoms with van der Waals surface area (Å²) in [6.07, 6.45) is 43.1. The Kier molecular flexibility index (Phi) is 39.0. The van der Waals surface area contributed by atoms with Crippen LogP contribution in [-0.2, 0) is 28.6 Å². The summed E-state index contributed by atoms with van der Waals surface area (Å²) in [4.78, 5) is 37.5. The fraction of sp³-hybridized carbons (Fsp3) is 0.844. The Morgan fingerprint density at radius 3 is 1.20 bits per heavy atom. The number of hydrogen-bond donors (Lipinski definition) is 0. The molecule has 0 bridgehead atoms. The molecule has 0 heterocycles. The zero-order valence-corrected chi connectivity index (χ0v) is 33.9. The normalized spacial score (nSPS) is 12.1. The molecule has 0 spiro atoms. The summed E-state index contributed by atoms with van der Waals surface area (Å²) in [5, 5.41) is 0. The molecule has 298 valence electrons. The molecule has 0 N–H and O–H groups in total. The fourth-order valence-corrected chi connectivity index (χ4v) is 6.14. The summed E-state index contributed by atoms with van der Waals surface area (Å²) in [7, 11) is 0. The molecular weight excluding hydrogens is 636 g/mol. The smallest absolute Gasteiger partial charge is 0.306 e. The van der Waals surface area contributed by atoms with Crippen molar-refractivity contribution in [3.05, 3.63) is 24.3 Å². The van der Waals surface area contributed by atoms with Gasteiger partial charge < -0.3 is 14.2 Å². The lowest BCUT2D eigenvalue weighted by molar-refractivity contribution is -0.166. The van der Waals surface area contributed by atoms with E-state index in [2.05, 4.69) is 39.0 Å². The van der Waals surface area contributed by atoms with Gasteiger partial charge in [-0.1, -0.05) is 193 Å². The van der Waals surface area contributed by atoms with E-state index in [0.717, 1.165) is 51.4 Å². The van der Waals surface area contributed by atoms with Crippen molar-refractivity contribution in [2.75, 3.05) is 13.2 Å². The Hall–Kier alpha value is -2.11. The van der Waals surface area contributed by atoms with Gasteiger partial charge in [0.25, 0.3) is 0 Å². The van der Waals surface area contributed by atoms with Crippen LogP contribution in [0.25, 0.3) is 0 Å². The third-order valence-corrected chi connectivity index (χ3v) is 9.47. The Labute approximate surface area is 315 Å². The molecule has 0 aromatic carbocycles. The number of hydrogen-bond acceptors (Lipinski definition) is 6. The first-order valence-electron chi connectivity index (χ1n) is 21.8. The molecule has 0 aromatic rings. The highest BCUT2D eigenvalue weighted by atomic mass is 16.6. The summed E-state index contributed by atoms with van der Waals surface area (Å²) < 4.78 is 16.6. The van der Waals surface area contributed by atoms with Gasteiger partial charge >= 0.3 is 17.9 Å². The van der Waals surface area contributed by atoms with Crippen LogP contribution in [0, 0.1) is 0 Å². The summed E-state index contributed by atoms with van der Waals surface area (Å²) >= 11 is 0. The second kappa shape index (κ2) is 40.7. The van der Waals surface area contributed by atoms with E-state index in [9.17, 15) is 14.4 Å². The van der Waals surface area contributed by atoms with Crippen LogP contribution in [0.4, 0.5) is 0 Å². The van der Waals surface area contributed by atoms with E-state index in [4.69, 9.17) is 14.2 Å². The molecule has 0 amide bonds. The third kappa shape index (κ3) is 38.9. The van der Waals surface area contributed by atoms with Gasteiger partial charge in [-0.3, -0.25) is 14.4 Å². The number of ether oxygens (including phenoxy) is 3. The lowest BCUT2D eigenvalue weighted by atomic mass is 10.1. The SMILES string of the molecule is CCCCCCCC/C=C\C/C=C\CCC(=O)OCC(COC(=O)CCCCCCCCCCCC)OC(=O)CCCCCCCCCCCC. The van der Waals surface area contributed by atoms with Gasteiger partial charge in [-0.2, -0.15) is 0 Å². The van der Waals surface area contributed by atoms with Gasteiger partial charge in [-0.25, -0.2) is 0 Å². The molecule has 0 rings (SSSR count). The fourth-order valence-electron chi connectivity index (χ4n) is 6.14. The topological polar surface area (TPSA) is 78.9 Å². The summed E-state index contributed by atoms with van der Waals surface area (Å²) in [6, 6.07) is 0. The molecule has 0 aliphatic carbocycles. The van der Waals surface area contributed by atoms with Crippen molar-refractivity contribution in [3.63, 3.8) is 0 Å². The first-order valence-corrected chi connectivity index (χ1v) is 21.8. The minimum Gasteiger partial charge on any atom is -0.462 e. The number of rotatable bonds is 39. The molecule has 0 radical (unpaired) electrons. The molecule has 6 nitrogen and oxygen atoms in total. The van der Waals surface area contributed by atoms with Crippen LogP contribution in [0.1, 0.15) is 226 Å². The molecule has 6 heteroatoms. The van der Waals surface area contributed by atoms with Crippen molar-refractivity contribution in [1.82, 2.24) is 0 Å². The van der Waals surface area contributed by atoms with E-state index in [1.165, 1.54) is 128 Å². The van der Waals surface area contributed by atoms with Gasteiger partial charge in [0.15, 0.2) is 6.10 Å². The number of carbonyl (C=O) groups excluding carboxylic acids is 3. The Balaban J connectivity index is 4.42. The van der Waals surface area contributed by atoms with Crippen molar-refractivity contribution in [1.29, 1.82) is 0 Å². The minimum atomic E-state index is -0.784. The molecule has 0 aliphatic rings. The van der Waals surface area contributed by atoms with E-state index in [0.29, 0.717) is 19.3 Å². The molecule has 0 saturated heterocycles. The molecule has 1 atom stereocenters. The Morgan fingerprint density at radius 1 is 0.392 bits per heavy atom. The average Bonchev–Trinajstić information content (AvgIpc) is 3.12. The highest BCUT2D eigenvalue weighted by Gasteiger charge is 2.19. The predicted octanol–water partition coefficient (Wildman–Crippen LogP) is 13.6. The van der Waals surface area contributed by atoms with E-state index in [-0.39, 0.29) is 37.5 Å². The molecule has 0 aliphatic heterocycles. The Bertz CT molecular complexity index is 835. The van der Waals surface area contributed by atoms with Crippen molar-refractivity contribution >= 4 is 17.9 Å². The van der Waals surface area contributed by atoms with E-state index < -0.39 is 6.10 Å². The van der Waals surface area contributed by atoms with Gasteiger partial charge in [-0.15, -0.1) is 0 Å². The maximum Gasteiger partial charge on any atom is 0.306 e. The van der Waals surface area contributed by atoms with Crippen LogP contribution in [0.3, 0.4) is 0 Å². The highest BCUT2D eigenvalue weighted by Crippen LogP contribution is 2.14. The van der Waals surface area contributed by atoms with Gasteiger partial charge in [0, 0.05) is 19.3 Å². The quantitative estimate of drug-likeness (QED) is 0.0272. The number of unbranched alkanes of at least 4 members (excludes halogenated alkanes) is 24. The summed E-state index contributed by atoms with van der Waals surface area (Å²) in [5.74, 6) is -0.956. The largest absolute Gasteiger partial charge is 0.462 e. The standard InChI is InChI=1S/C45H82O6/c1-4-7-10-13-16-19-22-23-24-27-29-32-35-38-44(47)50-41-42(51-45(48)39-36-33-30-26-21-18-15-12-9-6-3)40-49-43(46)37-34-31-28-25-20-17-14-11-8-5-2/h23-24,29,32,42H,4-22,25-28,30-31,33-41H2,1-3H3/b24-23-,32-29-. The Morgan fingerprint density at radius 2 is 0.745 bits per heavy atom. The van der Waals surface area contributed by atoms with Crippen LogP contribution in [0.2, 0.25) is 0 Å². The van der Waals surface area contributed by atoms with E-state index >= 15 is 0 Å². The van der Waals surface area contributed by atoms with E-state index in [1.807, 2.05) is 6.08 Å². The van der Waals surface area contributed by atoms with E-state index in [1.54, 1.807) is 0 Å². The maximum atomic E-state index is 12.6. The lowest BCUT2D eigenvalue weighted by Gasteiger charge is -2.18. The van der Waals surface area contributed by atoms with Crippen LogP contribution in [0.15, 0.2) is 24.3 Å².